The number of benzene rings is 7. The summed E-state index contributed by atoms with van der Waals surface area (Å²) in [5.41, 5.74) is 2.74. The van der Waals surface area contributed by atoms with E-state index in [4.69, 9.17) is 44.5 Å². The van der Waals surface area contributed by atoms with Crippen molar-refractivity contribution in [2.45, 2.75) is 60.8 Å². The van der Waals surface area contributed by atoms with Crippen LogP contribution in [0.4, 0.5) is 26.3 Å². The van der Waals surface area contributed by atoms with Crippen LogP contribution in [0.3, 0.4) is 0 Å². The Morgan fingerprint density at radius 3 is 1.52 bits per heavy atom. The van der Waals surface area contributed by atoms with Crippen LogP contribution in [-0.4, -0.2) is 31.4 Å². The highest BCUT2D eigenvalue weighted by Gasteiger charge is 2.27. The highest BCUT2D eigenvalue weighted by Crippen LogP contribution is 2.33. The Kier molecular flexibility index (Phi) is 19.3. The first-order chi connectivity index (χ1) is 36.8. The summed E-state index contributed by atoms with van der Waals surface area (Å²) in [6.45, 7) is 11.6. The Bertz CT molecular complexity index is 3550. The maximum absolute atomic E-state index is 13.9. The molecule has 9 rings (SSSR count). The van der Waals surface area contributed by atoms with Gasteiger partial charge in [-0.3, -0.25) is 14.2 Å². The molecular formula is C57H49Cl3F6N6O5. The topological polar surface area (TPSA) is 122 Å². The number of nitrogens with zero attached hydrogens (tertiary/aromatic N) is 4. The van der Waals surface area contributed by atoms with Crippen LogP contribution in [0.25, 0.3) is 21.8 Å². The van der Waals surface area contributed by atoms with Gasteiger partial charge in [-0.25, -0.2) is 27.2 Å². The zero-order valence-corrected chi connectivity index (χ0v) is 44.2. The summed E-state index contributed by atoms with van der Waals surface area (Å²) >= 11 is 17.2. The number of halogens is 9. The largest absolute Gasteiger partial charge is 0.457 e. The third-order valence-corrected chi connectivity index (χ3v) is 11.9. The fourth-order valence-electron chi connectivity index (χ4n) is 7.62. The molecule has 2 heterocycles. The van der Waals surface area contributed by atoms with E-state index in [2.05, 4.69) is 52.8 Å². The molecule has 0 aliphatic carbocycles. The molecule has 2 aromatic heterocycles. The van der Waals surface area contributed by atoms with Crippen molar-refractivity contribution in [3.8, 4) is 28.7 Å². The SMILES string of the molecule is CC(C)Cn1ncc2cc(Oc3ccc(F)cc3CNC(=O)c3cccc(Cl)c3)ccc21.CC(C)Cn1ncc2cc(Oc3ccc(F)cc3CNCl)ccc21.Cc1c(F)c(F)c(OC(=O)c2cccc(Cl)c2)c(F)c1F. The van der Waals surface area contributed by atoms with Crippen molar-refractivity contribution >= 4 is 68.7 Å². The Balaban J connectivity index is 0.000000172. The molecule has 0 bridgehead atoms. The lowest BCUT2D eigenvalue weighted by Gasteiger charge is -2.13. The van der Waals surface area contributed by atoms with Crippen molar-refractivity contribution in [2.24, 2.45) is 11.8 Å². The molecule has 0 saturated heterocycles. The average Bonchev–Trinajstić information content (AvgIpc) is 3.99. The number of esters is 1. The Morgan fingerprint density at radius 2 is 1.05 bits per heavy atom. The molecule has 77 heavy (non-hydrogen) atoms. The zero-order valence-electron chi connectivity index (χ0n) is 41.9. The second-order valence-electron chi connectivity index (χ2n) is 18.2. The molecule has 0 aliphatic heterocycles. The summed E-state index contributed by atoms with van der Waals surface area (Å²) in [4.78, 5) is 26.7. The molecule has 0 radical (unpaired) electrons. The number of rotatable bonds is 15. The first-order valence-electron chi connectivity index (χ1n) is 23.8. The third-order valence-electron chi connectivity index (χ3n) is 11.3. The lowest BCUT2D eigenvalue weighted by Crippen LogP contribution is -2.23. The summed E-state index contributed by atoms with van der Waals surface area (Å²) in [7, 11) is 0. The molecule has 20 heteroatoms. The van der Waals surface area contributed by atoms with E-state index in [1.54, 1.807) is 42.6 Å². The van der Waals surface area contributed by atoms with Crippen molar-refractivity contribution in [3.05, 3.63) is 206 Å². The van der Waals surface area contributed by atoms with Crippen LogP contribution in [0.1, 0.15) is 65.1 Å². The fraction of sp³-hybridized carbons (Fsp3) is 0.193. The predicted octanol–water partition coefficient (Wildman–Crippen LogP) is 15.5. The normalized spacial score (nSPS) is 11.1. The van der Waals surface area contributed by atoms with Crippen molar-refractivity contribution in [1.29, 1.82) is 0 Å². The van der Waals surface area contributed by atoms with Gasteiger partial charge in [0.2, 0.25) is 17.4 Å². The van der Waals surface area contributed by atoms with Crippen LogP contribution in [-0.2, 0) is 26.2 Å². The van der Waals surface area contributed by atoms with Crippen LogP contribution < -0.4 is 24.4 Å². The van der Waals surface area contributed by atoms with Gasteiger partial charge in [0, 0.05) is 69.3 Å². The van der Waals surface area contributed by atoms with E-state index >= 15 is 0 Å². The first-order valence-corrected chi connectivity index (χ1v) is 24.9. The molecule has 11 nitrogen and oxygen atoms in total. The van der Waals surface area contributed by atoms with Gasteiger partial charge >= 0.3 is 5.97 Å². The minimum atomic E-state index is -1.78. The van der Waals surface area contributed by atoms with Gasteiger partial charge in [0.05, 0.1) is 29.0 Å². The highest BCUT2D eigenvalue weighted by atomic mass is 35.5. The van der Waals surface area contributed by atoms with Gasteiger partial charge in [0.15, 0.2) is 11.6 Å². The molecule has 400 valence electrons. The van der Waals surface area contributed by atoms with Gasteiger partial charge in [-0.2, -0.15) is 19.0 Å². The number of carbonyl (C=O) groups is 2. The van der Waals surface area contributed by atoms with E-state index in [-0.39, 0.29) is 28.9 Å². The lowest BCUT2D eigenvalue weighted by molar-refractivity contribution is 0.0716. The second kappa shape index (κ2) is 26.0. The number of hydrogen-bond donors (Lipinski definition) is 2. The minimum Gasteiger partial charge on any atom is -0.457 e. The Morgan fingerprint density at radius 1 is 0.584 bits per heavy atom. The molecule has 2 N–H and O–H groups in total. The molecule has 0 atom stereocenters. The molecule has 0 fully saturated rings. The van der Waals surface area contributed by atoms with Crippen molar-refractivity contribution in [1.82, 2.24) is 29.7 Å². The summed E-state index contributed by atoms with van der Waals surface area (Å²) in [6, 6.07) is 32.1. The fourth-order valence-corrected chi connectivity index (χ4v) is 8.15. The maximum atomic E-state index is 13.9. The first kappa shape index (κ1) is 57.1. The number of aromatic nitrogens is 4. The number of ether oxygens (including phenoxy) is 3. The van der Waals surface area contributed by atoms with Gasteiger partial charge < -0.3 is 19.5 Å². The number of hydrogen-bond acceptors (Lipinski definition) is 8. The maximum Gasteiger partial charge on any atom is 0.343 e. The van der Waals surface area contributed by atoms with Crippen LogP contribution >= 0.6 is 35.0 Å². The van der Waals surface area contributed by atoms with Crippen LogP contribution in [0.15, 0.2) is 134 Å². The van der Waals surface area contributed by atoms with E-state index in [0.717, 1.165) is 41.8 Å². The van der Waals surface area contributed by atoms with Gasteiger partial charge in [0.25, 0.3) is 5.91 Å². The third kappa shape index (κ3) is 14.9. The van der Waals surface area contributed by atoms with Crippen LogP contribution in [0.5, 0.6) is 28.7 Å². The number of carbonyl (C=O) groups excluding carboxylic acids is 2. The minimum absolute atomic E-state index is 0.104. The van der Waals surface area contributed by atoms with Crippen molar-refractivity contribution < 1.29 is 50.1 Å². The van der Waals surface area contributed by atoms with E-state index in [0.29, 0.717) is 63.1 Å². The quantitative estimate of drug-likeness (QED) is 0.0342. The van der Waals surface area contributed by atoms with Gasteiger partial charge in [-0.15, -0.1) is 0 Å². The Labute approximate surface area is 454 Å². The van der Waals surface area contributed by atoms with Gasteiger partial charge in [0.1, 0.15) is 34.6 Å². The average molecular weight is 1120 g/mol. The summed E-state index contributed by atoms with van der Waals surface area (Å²) < 4.78 is 101. The standard InChI is InChI=1S/C25H23ClFN3O2.C18H19ClFN3O.C14H7ClF4O2/c1-16(2)15-30-23-8-7-22(12-18(23)14-29-30)32-24-9-6-21(27)11-19(24)13-28-25(31)17-4-3-5-20(26)10-17;1-12(2)11-23-17-5-4-16(8-13(17)10-22-23)24-18-6-3-15(20)7-14(18)9-21-19;1-6-9(16)11(18)13(12(19)10(6)17)21-14(20)7-3-2-4-8(15)5-7/h3-12,14,16H,13,15H2,1-2H3,(H,28,31);3-8,10,12,21H,9,11H2,1-2H3;2-5H,1H3. The van der Waals surface area contributed by atoms with Gasteiger partial charge in [-0.1, -0.05) is 63.0 Å². The highest BCUT2D eigenvalue weighted by molar-refractivity contribution is 6.31. The molecule has 0 unspecified atom stereocenters. The van der Waals surface area contributed by atoms with Crippen molar-refractivity contribution in [2.75, 3.05) is 0 Å². The van der Waals surface area contributed by atoms with E-state index < -0.39 is 46.4 Å². The molecule has 0 spiro atoms. The number of fused-ring (bicyclic) bond motifs is 2. The number of amides is 1. The van der Waals surface area contributed by atoms with Crippen molar-refractivity contribution in [3.63, 3.8) is 0 Å². The molecule has 9 aromatic rings. The smallest absolute Gasteiger partial charge is 0.343 e. The summed E-state index contributed by atoms with van der Waals surface area (Å²) in [5.74, 6) is -7.14. The molecular weight excluding hydrogens is 1070 g/mol. The van der Waals surface area contributed by atoms with E-state index in [1.807, 2.05) is 52.0 Å². The number of nitrogens with one attached hydrogen (secondary N) is 2. The molecule has 0 saturated carbocycles. The summed E-state index contributed by atoms with van der Waals surface area (Å²) in [6.07, 6.45) is 3.64. The van der Waals surface area contributed by atoms with Crippen LogP contribution in [0.2, 0.25) is 10.0 Å². The van der Waals surface area contributed by atoms with E-state index in [9.17, 15) is 35.9 Å². The monoisotopic (exact) mass is 1120 g/mol. The second-order valence-corrected chi connectivity index (χ2v) is 19.3. The molecule has 1 amide bonds. The zero-order chi connectivity index (χ0) is 55.5. The van der Waals surface area contributed by atoms with E-state index in [1.165, 1.54) is 48.5 Å². The van der Waals surface area contributed by atoms with Crippen LogP contribution in [0, 0.1) is 53.7 Å². The molecule has 0 aliphatic rings. The predicted molar refractivity (Wildman–Crippen MR) is 285 cm³/mol. The van der Waals surface area contributed by atoms with Gasteiger partial charge in [-0.05, 0) is 140 Å². The Hall–Kier alpha value is -7.57. The lowest BCUT2D eigenvalue weighted by atomic mass is 10.1. The summed E-state index contributed by atoms with van der Waals surface area (Å²) in [5, 5.41) is 14.3. The molecule has 7 aromatic carbocycles.